The first kappa shape index (κ1) is 14.6. The molecule has 2 rings (SSSR count). The Balaban J connectivity index is 2.40. The molecule has 5 heteroatoms. The standard InChI is InChI=1S/C15H18ClN3O/c1-9(2)14(15(20)17-3)19-12-6-7-18-13-8-10(16)4-5-11(12)13/h4-9,14H,1-3H3,(H,17,20)(H,18,19). The second-order valence-corrected chi connectivity index (χ2v) is 5.44. The summed E-state index contributed by atoms with van der Waals surface area (Å²) in [5.74, 6) is 0.143. The first-order valence-corrected chi connectivity index (χ1v) is 6.93. The predicted octanol–water partition coefficient (Wildman–Crippen LogP) is 3.07. The van der Waals surface area contributed by atoms with Crippen molar-refractivity contribution in [3.63, 3.8) is 0 Å². The van der Waals surface area contributed by atoms with Gasteiger partial charge in [0.2, 0.25) is 5.91 Å². The van der Waals surface area contributed by atoms with Crippen LogP contribution in [0.15, 0.2) is 30.5 Å². The molecule has 0 saturated heterocycles. The average Bonchev–Trinajstić information content (AvgIpc) is 2.43. The molecule has 1 atom stereocenters. The van der Waals surface area contributed by atoms with Gasteiger partial charge in [0.15, 0.2) is 0 Å². The highest BCUT2D eigenvalue weighted by Gasteiger charge is 2.21. The number of carbonyl (C=O) groups excluding carboxylic acids is 1. The van der Waals surface area contributed by atoms with Crippen molar-refractivity contribution in [1.82, 2.24) is 10.3 Å². The number of likely N-dealkylation sites (N-methyl/N-ethyl adjacent to an activating group) is 1. The lowest BCUT2D eigenvalue weighted by Gasteiger charge is -2.22. The molecular weight excluding hydrogens is 274 g/mol. The SMILES string of the molecule is CNC(=O)C(Nc1ccnc2cc(Cl)ccc12)C(C)C. The van der Waals surface area contributed by atoms with Gasteiger partial charge in [-0.2, -0.15) is 0 Å². The number of benzene rings is 1. The van der Waals surface area contributed by atoms with Crippen LogP contribution in [0.1, 0.15) is 13.8 Å². The van der Waals surface area contributed by atoms with Crippen molar-refractivity contribution in [3.05, 3.63) is 35.5 Å². The van der Waals surface area contributed by atoms with Gasteiger partial charge in [-0.15, -0.1) is 0 Å². The Labute approximate surface area is 123 Å². The zero-order valence-corrected chi connectivity index (χ0v) is 12.5. The third-order valence-electron chi connectivity index (χ3n) is 3.21. The minimum Gasteiger partial charge on any atom is -0.373 e. The highest BCUT2D eigenvalue weighted by atomic mass is 35.5. The van der Waals surface area contributed by atoms with E-state index in [1.165, 1.54) is 0 Å². The van der Waals surface area contributed by atoms with Gasteiger partial charge in [0.05, 0.1) is 5.52 Å². The van der Waals surface area contributed by atoms with Crippen LogP contribution in [0.3, 0.4) is 0 Å². The molecule has 2 N–H and O–H groups in total. The van der Waals surface area contributed by atoms with Crippen LogP contribution in [0.2, 0.25) is 5.02 Å². The molecular formula is C15H18ClN3O. The van der Waals surface area contributed by atoms with Crippen LogP contribution in [0.4, 0.5) is 5.69 Å². The number of pyridine rings is 1. The Morgan fingerprint density at radius 1 is 1.30 bits per heavy atom. The van der Waals surface area contributed by atoms with Crippen molar-refractivity contribution in [2.75, 3.05) is 12.4 Å². The summed E-state index contributed by atoms with van der Waals surface area (Å²) in [6.45, 7) is 4.01. The third kappa shape index (κ3) is 3.02. The Morgan fingerprint density at radius 2 is 2.05 bits per heavy atom. The Kier molecular flexibility index (Phi) is 4.45. The molecule has 1 amide bonds. The molecule has 0 bridgehead atoms. The molecule has 4 nitrogen and oxygen atoms in total. The van der Waals surface area contributed by atoms with Crippen LogP contribution in [0.25, 0.3) is 10.9 Å². The molecule has 0 aliphatic rings. The third-order valence-corrected chi connectivity index (χ3v) is 3.45. The summed E-state index contributed by atoms with van der Waals surface area (Å²) in [5.41, 5.74) is 1.69. The molecule has 0 aliphatic carbocycles. The fourth-order valence-electron chi connectivity index (χ4n) is 2.11. The fourth-order valence-corrected chi connectivity index (χ4v) is 2.27. The van der Waals surface area contributed by atoms with E-state index in [0.29, 0.717) is 5.02 Å². The number of hydrogen-bond donors (Lipinski definition) is 2. The topological polar surface area (TPSA) is 54.0 Å². The number of hydrogen-bond acceptors (Lipinski definition) is 3. The Morgan fingerprint density at radius 3 is 2.70 bits per heavy atom. The van der Waals surface area contributed by atoms with Gasteiger partial charge >= 0.3 is 0 Å². The average molecular weight is 292 g/mol. The summed E-state index contributed by atoms with van der Waals surface area (Å²) in [7, 11) is 1.64. The van der Waals surface area contributed by atoms with Crippen LogP contribution >= 0.6 is 11.6 Å². The van der Waals surface area contributed by atoms with Crippen LogP contribution in [-0.2, 0) is 4.79 Å². The van der Waals surface area contributed by atoms with E-state index in [-0.39, 0.29) is 17.9 Å². The van der Waals surface area contributed by atoms with Gasteiger partial charge in [-0.05, 0) is 30.2 Å². The maximum atomic E-state index is 11.9. The number of fused-ring (bicyclic) bond motifs is 1. The minimum absolute atomic E-state index is 0.0288. The van der Waals surface area contributed by atoms with Crippen LogP contribution in [0, 0.1) is 5.92 Å². The van der Waals surface area contributed by atoms with Gasteiger partial charge in [-0.3, -0.25) is 9.78 Å². The van der Waals surface area contributed by atoms with E-state index in [1.807, 2.05) is 38.1 Å². The van der Waals surface area contributed by atoms with Crippen molar-refractivity contribution >= 4 is 34.1 Å². The smallest absolute Gasteiger partial charge is 0.242 e. The molecule has 0 spiro atoms. The largest absolute Gasteiger partial charge is 0.373 e. The van der Waals surface area contributed by atoms with Crippen molar-refractivity contribution in [3.8, 4) is 0 Å². The maximum Gasteiger partial charge on any atom is 0.242 e. The molecule has 0 saturated carbocycles. The molecule has 106 valence electrons. The molecule has 2 aromatic rings. The highest BCUT2D eigenvalue weighted by Crippen LogP contribution is 2.25. The molecule has 0 fully saturated rings. The molecule has 1 heterocycles. The zero-order valence-electron chi connectivity index (χ0n) is 11.8. The lowest BCUT2D eigenvalue weighted by atomic mass is 10.0. The van der Waals surface area contributed by atoms with Crippen molar-refractivity contribution < 1.29 is 4.79 Å². The van der Waals surface area contributed by atoms with E-state index in [0.717, 1.165) is 16.6 Å². The van der Waals surface area contributed by atoms with Crippen LogP contribution < -0.4 is 10.6 Å². The maximum absolute atomic E-state index is 11.9. The monoisotopic (exact) mass is 291 g/mol. The number of anilines is 1. The first-order chi connectivity index (χ1) is 9.52. The van der Waals surface area contributed by atoms with E-state index >= 15 is 0 Å². The van der Waals surface area contributed by atoms with Gasteiger partial charge in [0.1, 0.15) is 6.04 Å². The van der Waals surface area contributed by atoms with Gasteiger partial charge in [-0.1, -0.05) is 25.4 Å². The van der Waals surface area contributed by atoms with Gasteiger partial charge in [0, 0.05) is 29.3 Å². The van der Waals surface area contributed by atoms with Crippen molar-refractivity contribution in [2.45, 2.75) is 19.9 Å². The number of nitrogens with one attached hydrogen (secondary N) is 2. The Bertz CT molecular complexity index is 628. The molecule has 1 unspecified atom stereocenters. The van der Waals surface area contributed by atoms with Crippen molar-refractivity contribution in [1.29, 1.82) is 0 Å². The summed E-state index contributed by atoms with van der Waals surface area (Å²) in [5, 5.41) is 7.58. The highest BCUT2D eigenvalue weighted by molar-refractivity contribution is 6.31. The first-order valence-electron chi connectivity index (χ1n) is 6.55. The second-order valence-electron chi connectivity index (χ2n) is 5.00. The van der Waals surface area contributed by atoms with Crippen LogP contribution in [0.5, 0.6) is 0 Å². The van der Waals surface area contributed by atoms with Crippen molar-refractivity contribution in [2.24, 2.45) is 5.92 Å². The Hall–Kier alpha value is -1.81. The molecule has 1 aromatic heterocycles. The van der Waals surface area contributed by atoms with Crippen LogP contribution in [-0.4, -0.2) is 24.0 Å². The van der Waals surface area contributed by atoms with E-state index in [4.69, 9.17) is 11.6 Å². The summed E-state index contributed by atoms with van der Waals surface area (Å²) in [6.07, 6.45) is 1.71. The molecule has 1 aromatic carbocycles. The van der Waals surface area contributed by atoms with Gasteiger partial charge in [0.25, 0.3) is 0 Å². The molecule has 20 heavy (non-hydrogen) atoms. The number of rotatable bonds is 4. The quantitative estimate of drug-likeness (QED) is 0.910. The number of aromatic nitrogens is 1. The van der Waals surface area contributed by atoms with E-state index < -0.39 is 0 Å². The lowest BCUT2D eigenvalue weighted by Crippen LogP contribution is -2.41. The number of carbonyl (C=O) groups is 1. The van der Waals surface area contributed by atoms with E-state index in [1.54, 1.807) is 13.2 Å². The summed E-state index contributed by atoms with van der Waals surface area (Å²) in [6, 6.07) is 7.12. The normalized spacial score (nSPS) is 12.4. The van der Waals surface area contributed by atoms with Gasteiger partial charge in [-0.25, -0.2) is 0 Å². The predicted molar refractivity (Wildman–Crippen MR) is 83.1 cm³/mol. The fraction of sp³-hybridized carbons (Fsp3) is 0.333. The summed E-state index contributed by atoms with van der Waals surface area (Å²) < 4.78 is 0. The lowest BCUT2D eigenvalue weighted by molar-refractivity contribution is -0.122. The minimum atomic E-state index is -0.290. The summed E-state index contributed by atoms with van der Waals surface area (Å²) >= 11 is 5.98. The molecule has 0 aliphatic heterocycles. The number of amides is 1. The summed E-state index contributed by atoms with van der Waals surface area (Å²) in [4.78, 5) is 16.2. The van der Waals surface area contributed by atoms with E-state index in [9.17, 15) is 4.79 Å². The molecule has 0 radical (unpaired) electrons. The number of nitrogens with zero attached hydrogens (tertiary/aromatic N) is 1. The van der Waals surface area contributed by atoms with E-state index in [2.05, 4.69) is 15.6 Å². The van der Waals surface area contributed by atoms with Gasteiger partial charge < -0.3 is 10.6 Å². The number of halogens is 1. The second kappa shape index (κ2) is 6.09. The zero-order chi connectivity index (χ0) is 14.7.